The van der Waals surface area contributed by atoms with Crippen molar-refractivity contribution in [2.75, 3.05) is 18.6 Å². The fraction of sp³-hybridized carbons (Fsp3) is 0.167. The predicted molar refractivity (Wildman–Crippen MR) is 52.9 cm³/mol. The maximum atomic E-state index is 5.68. The molecule has 0 amide bonds. The van der Waals surface area contributed by atoms with Gasteiger partial charge in [-0.3, -0.25) is 0 Å². The molecule has 0 atom stereocenters. The van der Waals surface area contributed by atoms with Crippen LogP contribution >= 0.6 is 22.7 Å². The van der Waals surface area contributed by atoms with Crippen LogP contribution in [0.15, 0.2) is 0 Å². The molecule has 0 aromatic carbocycles. The first-order valence-corrected chi connectivity index (χ1v) is 4.84. The summed E-state index contributed by atoms with van der Waals surface area (Å²) in [5.74, 6) is 0.698. The maximum absolute atomic E-state index is 5.68. The minimum Gasteiger partial charge on any atom is -0.492 e. The van der Waals surface area contributed by atoms with Crippen LogP contribution in [0.25, 0.3) is 9.53 Å². The van der Waals surface area contributed by atoms with Gasteiger partial charge >= 0.3 is 0 Å². The second-order valence-electron chi connectivity index (χ2n) is 2.19. The van der Waals surface area contributed by atoms with Gasteiger partial charge in [0.2, 0.25) is 0 Å². The summed E-state index contributed by atoms with van der Waals surface area (Å²) in [5, 5.41) is 1.21. The molecule has 0 spiro atoms. The Balaban J connectivity index is 2.78. The highest BCUT2D eigenvalue weighted by Crippen LogP contribution is 2.43. The van der Waals surface area contributed by atoms with Gasteiger partial charge in [-0.05, 0) is 0 Å². The quantitative estimate of drug-likeness (QED) is 0.733. The van der Waals surface area contributed by atoms with E-state index in [4.69, 9.17) is 16.2 Å². The number of ether oxygens (including phenoxy) is 1. The second kappa shape index (κ2) is 2.49. The van der Waals surface area contributed by atoms with Gasteiger partial charge < -0.3 is 16.2 Å². The van der Waals surface area contributed by atoms with Crippen LogP contribution in [-0.4, -0.2) is 12.1 Å². The van der Waals surface area contributed by atoms with Gasteiger partial charge in [0, 0.05) is 0 Å². The summed E-state index contributed by atoms with van der Waals surface area (Å²) >= 11 is 2.79. The molecule has 0 aliphatic heterocycles. The van der Waals surface area contributed by atoms with Crippen LogP contribution in [0.1, 0.15) is 0 Å². The highest BCUT2D eigenvalue weighted by Gasteiger charge is 2.13. The van der Waals surface area contributed by atoms with E-state index in [9.17, 15) is 0 Å². The molecule has 0 saturated heterocycles. The van der Waals surface area contributed by atoms with E-state index in [-0.39, 0.29) is 0 Å². The third-order valence-corrected chi connectivity index (χ3v) is 3.36. The molecule has 64 valence electrons. The second-order valence-corrected chi connectivity index (χ2v) is 4.25. The largest absolute Gasteiger partial charge is 0.492 e. The third-order valence-electron chi connectivity index (χ3n) is 1.45. The average Bonchev–Trinajstić information content (AvgIpc) is 2.43. The summed E-state index contributed by atoms with van der Waals surface area (Å²) in [6.07, 6.45) is 0. The topological polar surface area (TPSA) is 74.2 Å². The number of rotatable bonds is 1. The van der Waals surface area contributed by atoms with Gasteiger partial charge in [0.05, 0.1) is 7.11 Å². The molecule has 0 aliphatic rings. The molecule has 0 fully saturated rings. The molecule has 0 aliphatic carbocycles. The molecule has 4 nitrogen and oxygen atoms in total. The van der Waals surface area contributed by atoms with E-state index in [0.717, 1.165) is 9.53 Å². The minimum atomic E-state index is 0.551. The molecule has 6 heteroatoms. The first kappa shape index (κ1) is 7.63. The van der Waals surface area contributed by atoms with Crippen molar-refractivity contribution in [1.29, 1.82) is 0 Å². The van der Waals surface area contributed by atoms with Gasteiger partial charge in [-0.15, -0.1) is 0 Å². The van der Waals surface area contributed by atoms with E-state index >= 15 is 0 Å². The van der Waals surface area contributed by atoms with Crippen molar-refractivity contribution in [3.63, 3.8) is 0 Å². The van der Waals surface area contributed by atoms with Gasteiger partial charge in [-0.2, -0.15) is 0 Å². The summed E-state index contributed by atoms with van der Waals surface area (Å²) in [4.78, 5) is 4.95. The van der Waals surface area contributed by atoms with Gasteiger partial charge in [0.25, 0.3) is 0 Å². The van der Waals surface area contributed by atoms with Crippen molar-refractivity contribution >= 4 is 42.3 Å². The minimum absolute atomic E-state index is 0.551. The number of thiophene rings is 1. The van der Waals surface area contributed by atoms with Crippen molar-refractivity contribution in [1.82, 2.24) is 4.98 Å². The summed E-state index contributed by atoms with van der Waals surface area (Å²) in [6.45, 7) is 0. The van der Waals surface area contributed by atoms with E-state index in [0.29, 0.717) is 15.9 Å². The van der Waals surface area contributed by atoms with Gasteiger partial charge in [0.15, 0.2) is 10.9 Å². The lowest BCUT2D eigenvalue weighted by atomic mass is 10.5. The summed E-state index contributed by atoms with van der Waals surface area (Å²) < 4.78 is 6.05. The van der Waals surface area contributed by atoms with Gasteiger partial charge in [0.1, 0.15) is 14.5 Å². The van der Waals surface area contributed by atoms with Crippen LogP contribution in [0, 0.1) is 0 Å². The van der Waals surface area contributed by atoms with Crippen LogP contribution in [-0.2, 0) is 0 Å². The van der Waals surface area contributed by atoms with Crippen LogP contribution in [0.2, 0.25) is 0 Å². The smallest absolute Gasteiger partial charge is 0.182 e. The molecular weight excluding hydrogens is 194 g/mol. The molecule has 0 saturated carbocycles. The van der Waals surface area contributed by atoms with Crippen molar-refractivity contribution in [2.45, 2.75) is 0 Å². The number of nitrogens with two attached hydrogens (primary N) is 2. The lowest BCUT2D eigenvalue weighted by Gasteiger charge is -1.94. The highest BCUT2D eigenvalue weighted by molar-refractivity contribution is 7.31. The summed E-state index contributed by atoms with van der Waals surface area (Å²) in [6, 6.07) is 0. The molecular formula is C6H7N3OS2. The number of methoxy groups -OCH3 is 1. The molecule has 2 aromatic rings. The van der Waals surface area contributed by atoms with Gasteiger partial charge in [-0.1, -0.05) is 22.7 Å². The Labute approximate surface area is 76.8 Å². The Hall–Kier alpha value is -1.01. The lowest BCUT2D eigenvalue weighted by Crippen LogP contribution is -1.85. The molecule has 4 N–H and O–H groups in total. The number of anilines is 2. The fourth-order valence-electron chi connectivity index (χ4n) is 0.990. The zero-order valence-corrected chi connectivity index (χ0v) is 7.96. The van der Waals surface area contributed by atoms with E-state index in [2.05, 4.69) is 4.98 Å². The van der Waals surface area contributed by atoms with E-state index in [1.165, 1.54) is 22.7 Å². The van der Waals surface area contributed by atoms with E-state index in [1.807, 2.05) is 0 Å². The molecule has 2 aromatic heterocycles. The highest BCUT2D eigenvalue weighted by atomic mass is 32.1. The number of nitrogens with zero attached hydrogens (tertiary/aromatic N) is 1. The predicted octanol–water partition coefficient (Wildman–Crippen LogP) is 1.53. The molecule has 0 unspecified atom stereocenters. The van der Waals surface area contributed by atoms with Crippen molar-refractivity contribution in [2.24, 2.45) is 0 Å². The number of hydrogen-bond acceptors (Lipinski definition) is 6. The third kappa shape index (κ3) is 0.919. The SMILES string of the molecule is COc1c(N)sc2nc(N)sc12. The normalized spacial score (nSPS) is 10.8. The Morgan fingerprint density at radius 1 is 1.33 bits per heavy atom. The Bertz CT molecular complexity index is 420. The first-order chi connectivity index (χ1) is 5.72. The number of thiazole rings is 1. The molecule has 2 rings (SSSR count). The Morgan fingerprint density at radius 3 is 2.75 bits per heavy atom. The molecule has 0 radical (unpaired) electrons. The average molecular weight is 201 g/mol. The van der Waals surface area contributed by atoms with Crippen LogP contribution in [0.5, 0.6) is 5.75 Å². The monoisotopic (exact) mass is 201 g/mol. The van der Waals surface area contributed by atoms with E-state index < -0.39 is 0 Å². The standard InChI is InChI=1S/C6H7N3OS2/c1-10-2-3-5(12-4(2)7)9-6(8)11-3/h7H2,1H3,(H2,8,9). The summed E-state index contributed by atoms with van der Waals surface area (Å²) in [5.41, 5.74) is 11.2. The van der Waals surface area contributed by atoms with Crippen molar-refractivity contribution in [3.8, 4) is 5.75 Å². The Morgan fingerprint density at radius 2 is 2.08 bits per heavy atom. The molecule has 12 heavy (non-hydrogen) atoms. The summed E-state index contributed by atoms with van der Waals surface area (Å²) in [7, 11) is 1.59. The Kier molecular flexibility index (Phi) is 1.59. The van der Waals surface area contributed by atoms with Crippen LogP contribution < -0.4 is 16.2 Å². The maximum Gasteiger partial charge on any atom is 0.182 e. The molecule has 0 bridgehead atoms. The van der Waals surface area contributed by atoms with E-state index in [1.54, 1.807) is 7.11 Å². The first-order valence-electron chi connectivity index (χ1n) is 3.20. The van der Waals surface area contributed by atoms with Crippen LogP contribution in [0.4, 0.5) is 10.1 Å². The zero-order valence-electron chi connectivity index (χ0n) is 6.33. The van der Waals surface area contributed by atoms with Gasteiger partial charge in [-0.25, -0.2) is 4.98 Å². The number of nitrogen functional groups attached to an aromatic ring is 2. The van der Waals surface area contributed by atoms with Crippen LogP contribution in [0.3, 0.4) is 0 Å². The fourth-order valence-corrected chi connectivity index (χ4v) is 2.94. The number of hydrogen-bond donors (Lipinski definition) is 2. The lowest BCUT2D eigenvalue weighted by molar-refractivity contribution is 0.424. The number of aromatic nitrogens is 1. The number of fused-ring (bicyclic) bond motifs is 1. The van der Waals surface area contributed by atoms with Crippen molar-refractivity contribution in [3.05, 3.63) is 0 Å². The van der Waals surface area contributed by atoms with Crippen molar-refractivity contribution < 1.29 is 4.74 Å². The molecule has 2 heterocycles. The zero-order chi connectivity index (χ0) is 8.72.